The summed E-state index contributed by atoms with van der Waals surface area (Å²) in [6, 6.07) is 3.05. The van der Waals surface area contributed by atoms with Crippen LogP contribution in [0.1, 0.15) is 29.8 Å². The lowest BCUT2D eigenvalue weighted by molar-refractivity contribution is 0.0245. The number of nitrogens with one attached hydrogen (secondary N) is 1. The van der Waals surface area contributed by atoms with Gasteiger partial charge in [0, 0.05) is 19.2 Å². The molecule has 1 aromatic rings. The van der Waals surface area contributed by atoms with Gasteiger partial charge in [0.15, 0.2) is 5.88 Å². The van der Waals surface area contributed by atoms with Crippen LogP contribution in [0.3, 0.4) is 0 Å². The van der Waals surface area contributed by atoms with Gasteiger partial charge in [-0.25, -0.2) is 4.79 Å². The first-order valence-corrected chi connectivity index (χ1v) is 5.44. The van der Waals surface area contributed by atoms with E-state index in [1.54, 1.807) is 6.07 Å². The van der Waals surface area contributed by atoms with Crippen molar-refractivity contribution >= 4 is 11.9 Å². The molecule has 0 spiro atoms. The minimum Gasteiger partial charge on any atom is -0.475 e. The van der Waals surface area contributed by atoms with Gasteiger partial charge in [0.2, 0.25) is 5.76 Å². The topological polar surface area (TPSA) is 71.7 Å². The standard InChI is InChI=1S/C11H15NO4/c13-11(14)9-4-5-10(16-9)12-7-8-3-1-2-6-15-8/h4-5,8,12H,1-3,6-7H2,(H,13,14). The molecule has 5 nitrogen and oxygen atoms in total. The van der Waals surface area contributed by atoms with Crippen LogP contribution in [-0.4, -0.2) is 30.3 Å². The van der Waals surface area contributed by atoms with Gasteiger partial charge in [0.05, 0.1) is 6.10 Å². The highest BCUT2D eigenvalue weighted by Gasteiger charge is 2.14. The van der Waals surface area contributed by atoms with Gasteiger partial charge >= 0.3 is 5.97 Å². The van der Waals surface area contributed by atoms with E-state index in [0.717, 1.165) is 19.4 Å². The van der Waals surface area contributed by atoms with E-state index in [1.165, 1.54) is 12.5 Å². The second kappa shape index (κ2) is 5.03. The quantitative estimate of drug-likeness (QED) is 0.819. The van der Waals surface area contributed by atoms with Crippen molar-refractivity contribution in [2.45, 2.75) is 25.4 Å². The second-order valence-electron chi connectivity index (χ2n) is 3.84. The average Bonchev–Trinajstić information content (AvgIpc) is 2.76. The summed E-state index contributed by atoms with van der Waals surface area (Å²) in [5.74, 6) is -0.624. The van der Waals surface area contributed by atoms with Gasteiger partial charge in [0.25, 0.3) is 0 Å². The molecule has 1 unspecified atom stereocenters. The number of carbonyl (C=O) groups is 1. The van der Waals surface area contributed by atoms with Gasteiger partial charge in [0.1, 0.15) is 0 Å². The molecule has 5 heteroatoms. The van der Waals surface area contributed by atoms with E-state index in [-0.39, 0.29) is 11.9 Å². The number of rotatable bonds is 4. The number of anilines is 1. The Balaban J connectivity index is 1.81. The minimum absolute atomic E-state index is 0.0490. The fraction of sp³-hybridized carbons (Fsp3) is 0.545. The molecule has 0 radical (unpaired) electrons. The highest BCUT2D eigenvalue weighted by molar-refractivity contribution is 5.84. The monoisotopic (exact) mass is 225 g/mol. The Kier molecular flexibility index (Phi) is 3.46. The predicted octanol–water partition coefficient (Wildman–Crippen LogP) is 1.96. The fourth-order valence-corrected chi connectivity index (χ4v) is 1.73. The SMILES string of the molecule is O=C(O)c1ccc(NCC2CCCCO2)o1. The maximum absolute atomic E-state index is 10.6. The first-order valence-electron chi connectivity index (χ1n) is 5.44. The first-order chi connectivity index (χ1) is 7.75. The normalized spacial score (nSPS) is 20.6. The summed E-state index contributed by atoms with van der Waals surface area (Å²) in [4.78, 5) is 10.6. The molecule has 1 aromatic heterocycles. The van der Waals surface area contributed by atoms with Crippen LogP contribution in [0.5, 0.6) is 0 Å². The Labute approximate surface area is 93.4 Å². The van der Waals surface area contributed by atoms with Crippen molar-refractivity contribution in [3.05, 3.63) is 17.9 Å². The Hall–Kier alpha value is -1.49. The van der Waals surface area contributed by atoms with Crippen LogP contribution in [0.2, 0.25) is 0 Å². The molecular weight excluding hydrogens is 210 g/mol. The van der Waals surface area contributed by atoms with Gasteiger partial charge in [-0.2, -0.15) is 0 Å². The molecule has 1 aliphatic rings. The predicted molar refractivity (Wildman–Crippen MR) is 57.7 cm³/mol. The van der Waals surface area contributed by atoms with Crippen molar-refractivity contribution in [1.82, 2.24) is 0 Å². The van der Waals surface area contributed by atoms with E-state index in [1.807, 2.05) is 0 Å². The van der Waals surface area contributed by atoms with Crippen LogP contribution in [0.25, 0.3) is 0 Å². The van der Waals surface area contributed by atoms with Gasteiger partial charge in [-0.3, -0.25) is 0 Å². The summed E-state index contributed by atoms with van der Waals surface area (Å²) in [7, 11) is 0. The van der Waals surface area contributed by atoms with Crippen LogP contribution < -0.4 is 5.32 Å². The van der Waals surface area contributed by atoms with Gasteiger partial charge in [-0.05, 0) is 25.3 Å². The molecule has 16 heavy (non-hydrogen) atoms. The van der Waals surface area contributed by atoms with Crippen molar-refractivity contribution in [1.29, 1.82) is 0 Å². The van der Waals surface area contributed by atoms with Crippen LogP contribution in [0.4, 0.5) is 5.88 Å². The van der Waals surface area contributed by atoms with Crippen molar-refractivity contribution in [2.75, 3.05) is 18.5 Å². The van der Waals surface area contributed by atoms with Crippen molar-refractivity contribution in [3.8, 4) is 0 Å². The number of hydrogen-bond donors (Lipinski definition) is 2. The van der Waals surface area contributed by atoms with Crippen molar-refractivity contribution in [2.24, 2.45) is 0 Å². The maximum atomic E-state index is 10.6. The molecule has 1 saturated heterocycles. The maximum Gasteiger partial charge on any atom is 0.371 e. The largest absolute Gasteiger partial charge is 0.475 e. The number of carboxylic acid groups (broad SMARTS) is 1. The van der Waals surface area contributed by atoms with Crippen LogP contribution in [0.15, 0.2) is 16.5 Å². The molecule has 2 heterocycles. The Morgan fingerprint density at radius 2 is 2.38 bits per heavy atom. The molecule has 0 saturated carbocycles. The zero-order chi connectivity index (χ0) is 11.4. The minimum atomic E-state index is -1.05. The summed E-state index contributed by atoms with van der Waals surface area (Å²) in [5, 5.41) is 11.7. The first kappa shape index (κ1) is 11.0. The zero-order valence-electron chi connectivity index (χ0n) is 8.94. The van der Waals surface area contributed by atoms with E-state index in [9.17, 15) is 4.79 Å². The number of ether oxygens (including phenoxy) is 1. The van der Waals surface area contributed by atoms with Gasteiger partial charge in [-0.1, -0.05) is 0 Å². The van der Waals surface area contributed by atoms with Crippen LogP contribution >= 0.6 is 0 Å². The molecule has 0 bridgehead atoms. The average molecular weight is 225 g/mol. The van der Waals surface area contributed by atoms with Crippen LogP contribution in [-0.2, 0) is 4.74 Å². The third kappa shape index (κ3) is 2.76. The lowest BCUT2D eigenvalue weighted by Gasteiger charge is -2.22. The van der Waals surface area contributed by atoms with Crippen LogP contribution in [0, 0.1) is 0 Å². The van der Waals surface area contributed by atoms with Gasteiger partial charge < -0.3 is 19.6 Å². The molecule has 1 atom stereocenters. The third-order valence-electron chi connectivity index (χ3n) is 2.59. The Morgan fingerprint density at radius 1 is 1.50 bits per heavy atom. The number of hydrogen-bond acceptors (Lipinski definition) is 4. The van der Waals surface area contributed by atoms with E-state index >= 15 is 0 Å². The molecule has 2 rings (SSSR count). The summed E-state index contributed by atoms with van der Waals surface area (Å²) in [6.07, 6.45) is 3.55. The highest BCUT2D eigenvalue weighted by atomic mass is 16.5. The second-order valence-corrected chi connectivity index (χ2v) is 3.84. The number of carboxylic acids is 1. The Bertz CT molecular complexity index is 355. The van der Waals surface area contributed by atoms with Gasteiger partial charge in [-0.15, -0.1) is 0 Å². The van der Waals surface area contributed by atoms with Crippen molar-refractivity contribution < 1.29 is 19.1 Å². The molecule has 0 amide bonds. The summed E-state index contributed by atoms with van der Waals surface area (Å²) in [6.45, 7) is 1.47. The lowest BCUT2D eigenvalue weighted by Crippen LogP contribution is -2.26. The van der Waals surface area contributed by atoms with E-state index in [4.69, 9.17) is 14.3 Å². The number of aromatic carboxylic acids is 1. The fourth-order valence-electron chi connectivity index (χ4n) is 1.73. The van der Waals surface area contributed by atoms with E-state index in [0.29, 0.717) is 12.4 Å². The third-order valence-corrected chi connectivity index (χ3v) is 2.59. The molecule has 1 fully saturated rings. The summed E-state index contributed by atoms with van der Waals surface area (Å²) < 4.78 is 10.6. The van der Waals surface area contributed by atoms with Crippen molar-refractivity contribution in [3.63, 3.8) is 0 Å². The van der Waals surface area contributed by atoms with E-state index < -0.39 is 5.97 Å². The highest BCUT2D eigenvalue weighted by Crippen LogP contribution is 2.16. The zero-order valence-corrected chi connectivity index (χ0v) is 8.94. The lowest BCUT2D eigenvalue weighted by atomic mass is 10.1. The molecule has 1 aliphatic heterocycles. The molecule has 2 N–H and O–H groups in total. The summed E-state index contributed by atoms with van der Waals surface area (Å²) in [5.41, 5.74) is 0. The smallest absolute Gasteiger partial charge is 0.371 e. The molecular formula is C11H15NO4. The molecule has 0 aliphatic carbocycles. The van der Waals surface area contributed by atoms with E-state index in [2.05, 4.69) is 5.32 Å². The molecule has 88 valence electrons. The number of furan rings is 1. The summed E-state index contributed by atoms with van der Waals surface area (Å²) >= 11 is 0. The molecule has 0 aromatic carbocycles. The Morgan fingerprint density at radius 3 is 3.00 bits per heavy atom.